The lowest BCUT2D eigenvalue weighted by Gasteiger charge is -2.24. The molecule has 1 saturated heterocycles. The second kappa shape index (κ2) is 10.4. The first-order chi connectivity index (χ1) is 17.6. The van der Waals surface area contributed by atoms with Crippen molar-refractivity contribution in [1.29, 1.82) is 0 Å². The number of alkyl halides is 1. The predicted octanol–water partition coefficient (Wildman–Crippen LogP) is 0.864. The summed E-state index contributed by atoms with van der Waals surface area (Å²) in [4.78, 5) is 40.6. The lowest BCUT2D eigenvalue weighted by molar-refractivity contribution is -0.151. The van der Waals surface area contributed by atoms with Crippen molar-refractivity contribution in [3.63, 3.8) is 0 Å². The summed E-state index contributed by atoms with van der Waals surface area (Å²) in [6, 6.07) is 5.31. The van der Waals surface area contributed by atoms with E-state index in [9.17, 15) is 19.3 Å². The van der Waals surface area contributed by atoms with E-state index in [1.165, 1.54) is 37.1 Å². The number of nitrogen functional groups attached to an aromatic ring is 1. The third-order valence-electron chi connectivity index (χ3n) is 5.85. The normalized spacial score (nSPS) is 24.4. The summed E-state index contributed by atoms with van der Waals surface area (Å²) in [5.74, 6) is -0.600. The van der Waals surface area contributed by atoms with Crippen LogP contribution in [0.2, 0.25) is 0 Å². The van der Waals surface area contributed by atoms with Crippen molar-refractivity contribution >= 4 is 31.7 Å². The standard InChI is InChI=1S/C21H24FN6O8P/c1-10(18(31)33-3)28(37-32)36-12-7-5-4-6-11(12)34-8-13-15(29)21(2,22)19(35-13)27-9-24-14-16(27)25-20(23)26-17(14)30/h4-7,9-10,13,15,19,29H,8H2,1-3H3,(H3,23,25,26,30)/p+1/t10?,13-,15-,19-,21-/m1/s1. The van der Waals surface area contributed by atoms with E-state index in [0.29, 0.717) is 0 Å². The van der Waals surface area contributed by atoms with Crippen LogP contribution in [0.4, 0.5) is 10.3 Å². The highest BCUT2D eigenvalue weighted by Crippen LogP contribution is 2.42. The molecule has 2 unspecified atom stereocenters. The fraction of sp³-hybridized carbons (Fsp3) is 0.429. The van der Waals surface area contributed by atoms with Gasteiger partial charge in [-0.3, -0.25) is 19.1 Å². The van der Waals surface area contributed by atoms with Crippen molar-refractivity contribution in [2.45, 2.75) is 44.0 Å². The first-order valence-electron chi connectivity index (χ1n) is 11.0. The molecule has 14 nitrogen and oxygen atoms in total. The SMILES string of the molecule is COC(=O)C(C)N(Oc1ccccc1OC[C@H]1O[C@@H](n2cnc3c(=O)[nH]c(N)nc32)[C@](C)(F)[C@@H]1O)[PH+]=O. The minimum absolute atomic E-state index is 0.0131. The minimum Gasteiger partial charge on any atom is -0.487 e. The summed E-state index contributed by atoms with van der Waals surface area (Å²) in [7, 11) is 0.0496. The first-order valence-corrected chi connectivity index (χ1v) is 11.8. The molecule has 0 radical (unpaired) electrons. The van der Waals surface area contributed by atoms with Gasteiger partial charge in [0, 0.05) is 0 Å². The third kappa shape index (κ3) is 4.98. The van der Waals surface area contributed by atoms with Gasteiger partial charge in [-0.1, -0.05) is 12.1 Å². The van der Waals surface area contributed by atoms with Gasteiger partial charge in [-0.25, -0.2) is 9.37 Å². The zero-order chi connectivity index (χ0) is 26.9. The number of imidazole rings is 1. The number of hydrogen-bond donors (Lipinski definition) is 3. The van der Waals surface area contributed by atoms with Crippen molar-refractivity contribution in [2.75, 3.05) is 19.5 Å². The number of hydroxylamine groups is 1. The van der Waals surface area contributed by atoms with E-state index in [4.69, 9.17) is 20.0 Å². The van der Waals surface area contributed by atoms with Crippen molar-refractivity contribution in [3.05, 3.63) is 40.9 Å². The molecular formula is C21H25FN6O8P+. The quantitative estimate of drug-likeness (QED) is 0.198. The number of ether oxygens (including phenoxy) is 3. The number of esters is 1. The summed E-state index contributed by atoms with van der Waals surface area (Å²) in [6.07, 6.45) is -3.02. The zero-order valence-electron chi connectivity index (χ0n) is 20.0. The molecule has 1 fully saturated rings. The Balaban J connectivity index is 1.53. The Morgan fingerprint density at radius 2 is 2.14 bits per heavy atom. The number of rotatable bonds is 9. The van der Waals surface area contributed by atoms with Crippen LogP contribution < -0.4 is 20.9 Å². The van der Waals surface area contributed by atoms with Crippen LogP contribution >= 0.6 is 8.61 Å². The van der Waals surface area contributed by atoms with E-state index in [-0.39, 0.29) is 35.2 Å². The van der Waals surface area contributed by atoms with Gasteiger partial charge in [0.05, 0.1) is 18.3 Å². The Morgan fingerprint density at radius 3 is 2.81 bits per heavy atom. The van der Waals surface area contributed by atoms with Gasteiger partial charge < -0.3 is 29.9 Å². The lowest BCUT2D eigenvalue weighted by atomic mass is 9.98. The number of hydrogen-bond acceptors (Lipinski definition) is 11. The number of carbonyl (C=O) groups is 1. The van der Waals surface area contributed by atoms with Crippen LogP contribution in [-0.4, -0.2) is 73.1 Å². The number of nitrogens with two attached hydrogens (primary N) is 1. The molecule has 198 valence electrons. The van der Waals surface area contributed by atoms with Gasteiger partial charge in [-0.2, -0.15) is 4.98 Å². The van der Waals surface area contributed by atoms with Crippen LogP contribution in [0.3, 0.4) is 0 Å². The van der Waals surface area contributed by atoms with E-state index < -0.39 is 50.3 Å². The molecule has 2 aromatic heterocycles. The Kier molecular flexibility index (Phi) is 7.41. The topological polar surface area (TPSA) is 184 Å². The number of carbonyl (C=O) groups excluding carboxylic acids is 1. The highest BCUT2D eigenvalue weighted by Gasteiger charge is 2.55. The second-order valence-electron chi connectivity index (χ2n) is 8.36. The fourth-order valence-corrected chi connectivity index (χ4v) is 4.23. The van der Waals surface area contributed by atoms with Crippen LogP contribution in [0.5, 0.6) is 11.5 Å². The highest BCUT2D eigenvalue weighted by atomic mass is 31.1. The van der Waals surface area contributed by atoms with Gasteiger partial charge in [0.2, 0.25) is 5.95 Å². The maximum Gasteiger partial charge on any atom is 0.457 e. The van der Waals surface area contributed by atoms with Crippen molar-refractivity contribution in [3.8, 4) is 11.5 Å². The summed E-state index contributed by atoms with van der Waals surface area (Å²) >= 11 is 0. The summed E-state index contributed by atoms with van der Waals surface area (Å²) in [5, 5.41) is 10.7. The van der Waals surface area contributed by atoms with E-state index >= 15 is 4.39 Å². The molecule has 6 atom stereocenters. The van der Waals surface area contributed by atoms with Crippen LogP contribution in [0.25, 0.3) is 11.2 Å². The number of halogens is 1. The molecule has 1 aromatic carbocycles. The van der Waals surface area contributed by atoms with E-state index in [0.717, 1.165) is 11.8 Å². The number of para-hydroxylation sites is 2. The molecule has 0 bridgehead atoms. The number of methoxy groups -OCH3 is 1. The average Bonchev–Trinajstić information content (AvgIpc) is 3.39. The Morgan fingerprint density at radius 1 is 1.43 bits per heavy atom. The number of aliphatic hydroxyl groups is 1. The van der Waals surface area contributed by atoms with Crippen LogP contribution in [0, 0.1) is 0 Å². The fourth-order valence-electron chi connectivity index (χ4n) is 3.83. The molecule has 16 heteroatoms. The molecule has 0 saturated carbocycles. The highest BCUT2D eigenvalue weighted by molar-refractivity contribution is 7.20. The second-order valence-corrected chi connectivity index (χ2v) is 8.99. The van der Waals surface area contributed by atoms with E-state index in [1.54, 1.807) is 12.1 Å². The minimum atomic E-state index is -2.33. The zero-order valence-corrected chi connectivity index (χ0v) is 21.0. The molecule has 0 spiro atoms. The number of nitrogens with zero attached hydrogens (tertiary/aromatic N) is 4. The summed E-state index contributed by atoms with van der Waals surface area (Å²) in [6.45, 7) is 2.27. The summed E-state index contributed by atoms with van der Waals surface area (Å²) < 4.78 is 44.7. The first kappa shape index (κ1) is 26.4. The predicted molar refractivity (Wildman–Crippen MR) is 127 cm³/mol. The van der Waals surface area contributed by atoms with Crippen LogP contribution in [0.1, 0.15) is 20.1 Å². The van der Waals surface area contributed by atoms with Gasteiger partial charge in [-0.05, 0) is 30.5 Å². The van der Waals surface area contributed by atoms with Crippen molar-refractivity contribution < 1.29 is 37.9 Å². The maximum atomic E-state index is 15.7. The molecule has 0 aliphatic carbocycles. The smallest absolute Gasteiger partial charge is 0.457 e. The third-order valence-corrected chi connectivity index (χ3v) is 6.51. The molecule has 1 aliphatic rings. The molecule has 37 heavy (non-hydrogen) atoms. The Labute approximate surface area is 210 Å². The number of benzene rings is 1. The van der Waals surface area contributed by atoms with Gasteiger partial charge in [0.1, 0.15) is 18.8 Å². The molecule has 3 heterocycles. The number of aromatic amines is 1. The number of aliphatic hydroxyl groups excluding tert-OH is 1. The number of aromatic nitrogens is 4. The largest absolute Gasteiger partial charge is 0.487 e. The van der Waals surface area contributed by atoms with E-state index in [1.807, 2.05) is 0 Å². The van der Waals surface area contributed by atoms with Gasteiger partial charge in [0.15, 0.2) is 40.6 Å². The van der Waals surface area contributed by atoms with Crippen molar-refractivity contribution in [2.24, 2.45) is 0 Å². The maximum absolute atomic E-state index is 15.7. The van der Waals surface area contributed by atoms with Crippen LogP contribution in [-0.2, 0) is 18.8 Å². The Bertz CT molecular complexity index is 1370. The van der Waals surface area contributed by atoms with Gasteiger partial charge in [-0.15, -0.1) is 0 Å². The Hall–Kier alpha value is -3.65. The van der Waals surface area contributed by atoms with Crippen molar-refractivity contribution in [1.82, 2.24) is 24.4 Å². The van der Waals surface area contributed by atoms with Crippen LogP contribution in [0.15, 0.2) is 35.4 Å². The molecule has 4 rings (SSSR count). The molecule has 3 aromatic rings. The molecule has 4 N–H and O–H groups in total. The molecule has 1 aliphatic heterocycles. The van der Waals surface area contributed by atoms with E-state index in [2.05, 4.69) is 19.7 Å². The average molecular weight is 539 g/mol. The number of nitrogens with one attached hydrogen (secondary N) is 1. The van der Waals surface area contributed by atoms with Gasteiger partial charge in [0.25, 0.3) is 5.56 Å². The molecule has 0 amide bonds. The van der Waals surface area contributed by atoms with Gasteiger partial charge >= 0.3 is 14.6 Å². The summed E-state index contributed by atoms with van der Waals surface area (Å²) in [5.41, 5.74) is 2.60. The molecular weight excluding hydrogens is 514 g/mol. The number of H-pyrrole nitrogens is 1. The number of anilines is 1. The number of fused-ring (bicyclic) bond motifs is 1. The monoisotopic (exact) mass is 539 g/mol. The lowest BCUT2D eigenvalue weighted by Crippen LogP contribution is -2.41.